The second-order valence-electron chi connectivity index (χ2n) is 4.19. The summed E-state index contributed by atoms with van der Waals surface area (Å²) >= 11 is 0. The van der Waals surface area contributed by atoms with Crippen LogP contribution in [0.2, 0.25) is 0 Å². The van der Waals surface area contributed by atoms with Gasteiger partial charge < -0.3 is 10.2 Å². The Bertz CT molecular complexity index is 410. The molecule has 0 aliphatic rings. The number of anilines is 1. The molecule has 0 aliphatic heterocycles. The Balaban J connectivity index is 2.48. The molecule has 0 fully saturated rings. The molecule has 0 amide bonds. The highest BCUT2D eigenvalue weighted by Crippen LogP contribution is 2.03. The lowest BCUT2D eigenvalue weighted by Gasteiger charge is -2.19. The zero-order valence-electron chi connectivity index (χ0n) is 11.4. The van der Waals surface area contributed by atoms with Gasteiger partial charge in [-0.15, -0.1) is 0 Å². The summed E-state index contributed by atoms with van der Waals surface area (Å²) < 4.78 is 0. The molecule has 5 heteroatoms. The molecule has 0 unspecified atom stereocenters. The summed E-state index contributed by atoms with van der Waals surface area (Å²) in [6.07, 6.45) is 1.16. The van der Waals surface area contributed by atoms with Crippen molar-refractivity contribution in [2.75, 3.05) is 31.5 Å². The summed E-state index contributed by atoms with van der Waals surface area (Å²) in [6.45, 7) is 10.1. The van der Waals surface area contributed by atoms with Crippen LogP contribution in [0.4, 0.5) is 5.95 Å². The van der Waals surface area contributed by atoms with Gasteiger partial charge in [0.25, 0.3) is 0 Å². The van der Waals surface area contributed by atoms with Crippen molar-refractivity contribution in [3.05, 3.63) is 17.5 Å². The lowest BCUT2D eigenvalue weighted by Crippen LogP contribution is -2.30. The summed E-state index contributed by atoms with van der Waals surface area (Å²) in [5.74, 6) is 0.541. The number of hydrogen-bond donors (Lipinski definition) is 1. The summed E-state index contributed by atoms with van der Waals surface area (Å²) in [7, 11) is 0. The third kappa shape index (κ3) is 4.68. The van der Waals surface area contributed by atoms with Gasteiger partial charge in [0.1, 0.15) is 11.8 Å². The number of nitriles is 1. The highest BCUT2D eigenvalue weighted by atomic mass is 15.2. The van der Waals surface area contributed by atoms with E-state index in [1.807, 2.05) is 13.0 Å². The highest BCUT2D eigenvalue weighted by Gasteiger charge is 2.03. The predicted octanol–water partition coefficient (Wildman–Crippen LogP) is 1.80. The monoisotopic (exact) mass is 247 g/mol. The number of aryl methyl sites for hydroxylation is 1. The van der Waals surface area contributed by atoms with Crippen molar-refractivity contribution < 1.29 is 0 Å². The molecule has 5 nitrogen and oxygen atoms in total. The molecular formula is C13H21N5. The van der Waals surface area contributed by atoms with E-state index < -0.39 is 0 Å². The van der Waals surface area contributed by atoms with Crippen LogP contribution in [-0.4, -0.2) is 41.0 Å². The Morgan fingerprint density at radius 2 is 2.11 bits per heavy atom. The average molecular weight is 247 g/mol. The Labute approximate surface area is 109 Å². The van der Waals surface area contributed by atoms with Crippen LogP contribution in [0.25, 0.3) is 0 Å². The van der Waals surface area contributed by atoms with Crippen molar-refractivity contribution in [3.8, 4) is 6.07 Å². The van der Waals surface area contributed by atoms with E-state index in [0.717, 1.165) is 38.3 Å². The fourth-order valence-electron chi connectivity index (χ4n) is 1.77. The maximum Gasteiger partial charge on any atom is 0.224 e. The summed E-state index contributed by atoms with van der Waals surface area (Å²) in [5, 5.41) is 12.0. The van der Waals surface area contributed by atoms with Gasteiger partial charge in [-0.05, 0) is 32.5 Å². The number of hydrogen-bond acceptors (Lipinski definition) is 5. The first-order chi connectivity index (χ1) is 8.69. The molecule has 0 radical (unpaired) electrons. The standard InChI is InChI=1S/C13H21N5/c1-4-7-18(5-2)8-6-15-13-16-11(3)9-12(10-14)17-13/h9H,4-8H2,1-3H3,(H,15,16,17). The van der Waals surface area contributed by atoms with Gasteiger partial charge in [0.15, 0.2) is 0 Å². The highest BCUT2D eigenvalue weighted by molar-refractivity contribution is 5.32. The van der Waals surface area contributed by atoms with Gasteiger partial charge in [-0.25, -0.2) is 9.97 Å². The molecule has 98 valence electrons. The molecule has 0 atom stereocenters. The maximum absolute atomic E-state index is 8.83. The van der Waals surface area contributed by atoms with Crippen LogP contribution in [0.1, 0.15) is 31.7 Å². The van der Waals surface area contributed by atoms with E-state index in [2.05, 4.69) is 34.0 Å². The molecule has 18 heavy (non-hydrogen) atoms. The number of nitrogens with one attached hydrogen (secondary N) is 1. The van der Waals surface area contributed by atoms with E-state index in [4.69, 9.17) is 5.26 Å². The first-order valence-electron chi connectivity index (χ1n) is 6.41. The van der Waals surface area contributed by atoms with Crippen molar-refractivity contribution in [1.29, 1.82) is 5.26 Å². The quantitative estimate of drug-likeness (QED) is 0.796. The topological polar surface area (TPSA) is 64.8 Å². The van der Waals surface area contributed by atoms with Crippen LogP contribution in [0, 0.1) is 18.3 Å². The van der Waals surface area contributed by atoms with E-state index in [1.54, 1.807) is 6.07 Å². The molecule has 0 saturated heterocycles. The first-order valence-corrected chi connectivity index (χ1v) is 6.41. The molecule has 0 saturated carbocycles. The normalized spacial score (nSPS) is 10.4. The largest absolute Gasteiger partial charge is 0.353 e. The Morgan fingerprint density at radius 1 is 1.33 bits per heavy atom. The summed E-state index contributed by atoms with van der Waals surface area (Å²) in [5.41, 5.74) is 1.22. The van der Waals surface area contributed by atoms with Crippen molar-refractivity contribution >= 4 is 5.95 Å². The number of nitrogens with zero attached hydrogens (tertiary/aromatic N) is 4. The third-order valence-corrected chi connectivity index (χ3v) is 2.67. The van der Waals surface area contributed by atoms with E-state index in [9.17, 15) is 0 Å². The summed E-state index contributed by atoms with van der Waals surface area (Å²) in [4.78, 5) is 10.7. The van der Waals surface area contributed by atoms with Crippen LogP contribution in [0.3, 0.4) is 0 Å². The summed E-state index contributed by atoms with van der Waals surface area (Å²) in [6, 6.07) is 3.72. The van der Waals surface area contributed by atoms with Crippen LogP contribution < -0.4 is 5.32 Å². The van der Waals surface area contributed by atoms with Gasteiger partial charge >= 0.3 is 0 Å². The van der Waals surface area contributed by atoms with E-state index >= 15 is 0 Å². The molecule has 1 rings (SSSR count). The molecule has 1 aromatic heterocycles. The molecule has 0 spiro atoms. The molecule has 0 aromatic carbocycles. The lowest BCUT2D eigenvalue weighted by atomic mass is 10.3. The Kier molecular flexibility index (Phi) is 6.09. The Hall–Kier alpha value is -1.67. The second kappa shape index (κ2) is 7.62. The van der Waals surface area contributed by atoms with Gasteiger partial charge in [0, 0.05) is 18.8 Å². The molecule has 0 bridgehead atoms. The molecule has 1 N–H and O–H groups in total. The van der Waals surface area contributed by atoms with Crippen molar-refractivity contribution in [1.82, 2.24) is 14.9 Å². The number of likely N-dealkylation sites (N-methyl/N-ethyl adjacent to an activating group) is 1. The minimum atomic E-state index is 0.408. The van der Waals surface area contributed by atoms with E-state index in [1.165, 1.54) is 0 Å². The number of aromatic nitrogens is 2. The fourth-order valence-corrected chi connectivity index (χ4v) is 1.77. The average Bonchev–Trinajstić information content (AvgIpc) is 2.37. The third-order valence-electron chi connectivity index (χ3n) is 2.67. The van der Waals surface area contributed by atoms with E-state index in [-0.39, 0.29) is 0 Å². The van der Waals surface area contributed by atoms with Crippen molar-refractivity contribution in [2.45, 2.75) is 27.2 Å². The minimum Gasteiger partial charge on any atom is -0.353 e. The number of rotatable bonds is 7. The van der Waals surface area contributed by atoms with Crippen LogP contribution in [0.5, 0.6) is 0 Å². The maximum atomic E-state index is 8.83. The smallest absolute Gasteiger partial charge is 0.224 e. The van der Waals surface area contributed by atoms with Gasteiger partial charge in [0.05, 0.1) is 0 Å². The van der Waals surface area contributed by atoms with Crippen LogP contribution in [-0.2, 0) is 0 Å². The van der Waals surface area contributed by atoms with Crippen molar-refractivity contribution in [2.24, 2.45) is 0 Å². The minimum absolute atomic E-state index is 0.408. The van der Waals surface area contributed by atoms with Crippen LogP contribution in [0.15, 0.2) is 6.07 Å². The molecule has 0 aliphatic carbocycles. The van der Waals surface area contributed by atoms with Gasteiger partial charge in [-0.2, -0.15) is 5.26 Å². The van der Waals surface area contributed by atoms with Crippen LogP contribution >= 0.6 is 0 Å². The zero-order chi connectivity index (χ0) is 13.4. The SMILES string of the molecule is CCCN(CC)CCNc1nc(C)cc(C#N)n1. The van der Waals surface area contributed by atoms with Gasteiger partial charge in [0.2, 0.25) is 5.95 Å². The second-order valence-corrected chi connectivity index (χ2v) is 4.19. The Morgan fingerprint density at radius 3 is 2.72 bits per heavy atom. The first kappa shape index (κ1) is 14.4. The van der Waals surface area contributed by atoms with E-state index in [0.29, 0.717) is 11.6 Å². The zero-order valence-corrected chi connectivity index (χ0v) is 11.4. The predicted molar refractivity (Wildman–Crippen MR) is 72.4 cm³/mol. The molecule has 1 aromatic rings. The lowest BCUT2D eigenvalue weighted by molar-refractivity contribution is 0.300. The molecular weight excluding hydrogens is 226 g/mol. The van der Waals surface area contributed by atoms with Gasteiger partial charge in [-0.1, -0.05) is 13.8 Å². The fraction of sp³-hybridized carbons (Fsp3) is 0.615. The van der Waals surface area contributed by atoms with Crippen molar-refractivity contribution in [3.63, 3.8) is 0 Å². The molecule has 1 heterocycles. The van der Waals surface area contributed by atoms with Gasteiger partial charge in [-0.3, -0.25) is 0 Å².